The third-order valence-electron chi connectivity index (χ3n) is 6.39. The molecular formula is C19H26N4O. The van der Waals surface area contributed by atoms with Crippen molar-refractivity contribution in [3.63, 3.8) is 0 Å². The summed E-state index contributed by atoms with van der Waals surface area (Å²) in [6.07, 6.45) is 10.3. The van der Waals surface area contributed by atoms with E-state index in [9.17, 15) is 4.79 Å². The standard InChI is InChI=1S/C19H26N4O/c24-19(14-2-1-3-14)22-17-10-23(9-15(17)12-4-5-12)18-8-16(13-6-7-13)20-11-21-18/h8,11-15,17H,1-7,9-10H2,(H,22,24)/t15-,17+/m0/s1. The van der Waals surface area contributed by atoms with E-state index in [-0.39, 0.29) is 5.92 Å². The molecule has 1 aromatic rings. The number of hydrogen-bond acceptors (Lipinski definition) is 4. The van der Waals surface area contributed by atoms with Crippen LogP contribution in [0, 0.1) is 17.8 Å². The van der Waals surface area contributed by atoms with Gasteiger partial charge in [-0.15, -0.1) is 0 Å². The maximum Gasteiger partial charge on any atom is 0.223 e. The first kappa shape index (κ1) is 14.7. The SMILES string of the molecule is O=C(N[C@@H]1CN(c2cc(C3CC3)ncn2)C[C@H]1C1CC1)C1CCC1. The zero-order valence-corrected chi connectivity index (χ0v) is 14.2. The summed E-state index contributed by atoms with van der Waals surface area (Å²) in [6.45, 7) is 1.93. The highest BCUT2D eigenvalue weighted by Gasteiger charge is 2.44. The van der Waals surface area contributed by atoms with E-state index in [1.54, 1.807) is 6.33 Å². The van der Waals surface area contributed by atoms with Crippen LogP contribution >= 0.6 is 0 Å². The van der Waals surface area contributed by atoms with Gasteiger partial charge in [0.2, 0.25) is 5.91 Å². The Morgan fingerprint density at radius 1 is 1.08 bits per heavy atom. The van der Waals surface area contributed by atoms with E-state index in [1.165, 1.54) is 37.8 Å². The first-order valence-corrected chi connectivity index (χ1v) is 9.65. The lowest BCUT2D eigenvalue weighted by atomic mass is 9.84. The molecular weight excluding hydrogens is 300 g/mol. The van der Waals surface area contributed by atoms with Crippen LogP contribution in [-0.4, -0.2) is 35.0 Å². The van der Waals surface area contributed by atoms with Crippen molar-refractivity contribution in [2.75, 3.05) is 18.0 Å². The van der Waals surface area contributed by atoms with Gasteiger partial charge in [-0.25, -0.2) is 9.97 Å². The first-order valence-electron chi connectivity index (χ1n) is 9.65. The monoisotopic (exact) mass is 326 g/mol. The zero-order chi connectivity index (χ0) is 16.1. The Bertz CT molecular complexity index is 636. The van der Waals surface area contributed by atoms with Gasteiger partial charge in [-0.3, -0.25) is 4.79 Å². The second-order valence-corrected chi connectivity index (χ2v) is 8.22. The second kappa shape index (κ2) is 5.71. The van der Waals surface area contributed by atoms with Crippen molar-refractivity contribution in [3.8, 4) is 0 Å². The number of carbonyl (C=O) groups is 1. The average molecular weight is 326 g/mol. The molecule has 128 valence electrons. The summed E-state index contributed by atoms with van der Waals surface area (Å²) in [5, 5.41) is 3.38. The van der Waals surface area contributed by atoms with Gasteiger partial charge in [0.05, 0.1) is 6.04 Å². The number of nitrogens with zero attached hydrogens (tertiary/aromatic N) is 3. The van der Waals surface area contributed by atoms with E-state index >= 15 is 0 Å². The molecule has 1 N–H and O–H groups in total. The van der Waals surface area contributed by atoms with Crippen LogP contribution in [0.5, 0.6) is 0 Å². The topological polar surface area (TPSA) is 58.1 Å². The van der Waals surface area contributed by atoms with Crippen molar-refractivity contribution in [3.05, 3.63) is 18.1 Å². The molecule has 5 rings (SSSR count). The van der Waals surface area contributed by atoms with Gasteiger partial charge >= 0.3 is 0 Å². The first-order chi connectivity index (χ1) is 11.8. The van der Waals surface area contributed by atoms with Crippen molar-refractivity contribution in [2.45, 2.75) is 56.9 Å². The Morgan fingerprint density at radius 2 is 1.92 bits per heavy atom. The third-order valence-corrected chi connectivity index (χ3v) is 6.39. The molecule has 0 bridgehead atoms. The minimum absolute atomic E-state index is 0.277. The van der Waals surface area contributed by atoms with Crippen LogP contribution in [0.25, 0.3) is 0 Å². The minimum atomic E-state index is 0.277. The van der Waals surface area contributed by atoms with E-state index in [2.05, 4.69) is 26.3 Å². The molecule has 2 heterocycles. The molecule has 4 aliphatic rings. The maximum atomic E-state index is 12.4. The molecule has 1 aromatic heterocycles. The lowest BCUT2D eigenvalue weighted by Crippen LogP contribution is -2.45. The van der Waals surface area contributed by atoms with E-state index in [0.717, 1.165) is 37.7 Å². The molecule has 0 aromatic carbocycles. The number of amides is 1. The summed E-state index contributed by atoms with van der Waals surface area (Å²) in [4.78, 5) is 23.8. The summed E-state index contributed by atoms with van der Waals surface area (Å²) in [7, 11) is 0. The highest BCUT2D eigenvalue weighted by atomic mass is 16.2. The zero-order valence-electron chi connectivity index (χ0n) is 14.2. The van der Waals surface area contributed by atoms with Gasteiger partial charge in [0.1, 0.15) is 12.1 Å². The fourth-order valence-electron chi connectivity index (χ4n) is 4.28. The van der Waals surface area contributed by atoms with Gasteiger partial charge in [-0.2, -0.15) is 0 Å². The number of rotatable bonds is 5. The number of hydrogen-bond donors (Lipinski definition) is 1. The quantitative estimate of drug-likeness (QED) is 0.903. The maximum absolute atomic E-state index is 12.4. The van der Waals surface area contributed by atoms with E-state index in [4.69, 9.17) is 0 Å². The Labute approximate surface area is 143 Å². The largest absolute Gasteiger partial charge is 0.354 e. The molecule has 5 nitrogen and oxygen atoms in total. The van der Waals surface area contributed by atoms with Crippen molar-refractivity contribution >= 4 is 11.7 Å². The summed E-state index contributed by atoms with van der Waals surface area (Å²) >= 11 is 0. The van der Waals surface area contributed by atoms with Crippen LogP contribution in [0.15, 0.2) is 12.4 Å². The van der Waals surface area contributed by atoms with Gasteiger partial charge in [0.15, 0.2) is 0 Å². The predicted molar refractivity (Wildman–Crippen MR) is 91.7 cm³/mol. The molecule has 24 heavy (non-hydrogen) atoms. The van der Waals surface area contributed by atoms with Gasteiger partial charge in [-0.05, 0) is 44.4 Å². The molecule has 1 aliphatic heterocycles. The van der Waals surface area contributed by atoms with Crippen molar-refractivity contribution in [1.29, 1.82) is 0 Å². The summed E-state index contributed by atoms with van der Waals surface area (Å²) in [5.74, 6) is 3.67. The van der Waals surface area contributed by atoms with Gasteiger partial charge in [0.25, 0.3) is 0 Å². The van der Waals surface area contributed by atoms with E-state index < -0.39 is 0 Å². The normalized spacial score (nSPS) is 30.2. The molecule has 1 saturated heterocycles. The molecule has 0 unspecified atom stereocenters. The van der Waals surface area contributed by atoms with E-state index in [0.29, 0.717) is 23.8 Å². The molecule has 5 heteroatoms. The number of anilines is 1. The molecule has 3 saturated carbocycles. The summed E-state index contributed by atoms with van der Waals surface area (Å²) in [6, 6.07) is 2.47. The van der Waals surface area contributed by atoms with Crippen LogP contribution in [0.3, 0.4) is 0 Å². The molecule has 4 fully saturated rings. The van der Waals surface area contributed by atoms with E-state index in [1.807, 2.05) is 0 Å². The number of aromatic nitrogens is 2. The Morgan fingerprint density at radius 3 is 2.58 bits per heavy atom. The average Bonchev–Trinajstić information content (AvgIpc) is 3.43. The Hall–Kier alpha value is -1.65. The van der Waals surface area contributed by atoms with Gasteiger partial charge in [-0.1, -0.05) is 6.42 Å². The van der Waals surface area contributed by atoms with Crippen molar-refractivity contribution in [2.24, 2.45) is 17.8 Å². The molecule has 1 amide bonds. The Kier molecular flexibility index (Phi) is 3.49. The number of nitrogens with one attached hydrogen (secondary N) is 1. The number of carbonyl (C=O) groups excluding carboxylic acids is 1. The molecule has 2 atom stereocenters. The lowest BCUT2D eigenvalue weighted by Gasteiger charge is -2.27. The lowest BCUT2D eigenvalue weighted by molar-refractivity contribution is -0.128. The van der Waals surface area contributed by atoms with Crippen LogP contribution in [0.1, 0.15) is 56.6 Å². The van der Waals surface area contributed by atoms with Gasteiger partial charge in [0, 0.05) is 42.6 Å². The highest BCUT2D eigenvalue weighted by Crippen LogP contribution is 2.43. The van der Waals surface area contributed by atoms with Crippen molar-refractivity contribution in [1.82, 2.24) is 15.3 Å². The van der Waals surface area contributed by atoms with Crippen LogP contribution < -0.4 is 10.2 Å². The highest BCUT2D eigenvalue weighted by molar-refractivity contribution is 5.79. The van der Waals surface area contributed by atoms with Crippen LogP contribution in [-0.2, 0) is 4.79 Å². The predicted octanol–water partition coefficient (Wildman–Crippen LogP) is 2.49. The van der Waals surface area contributed by atoms with Crippen LogP contribution in [0.2, 0.25) is 0 Å². The summed E-state index contributed by atoms with van der Waals surface area (Å²) in [5.41, 5.74) is 1.20. The minimum Gasteiger partial charge on any atom is -0.354 e. The van der Waals surface area contributed by atoms with Gasteiger partial charge < -0.3 is 10.2 Å². The van der Waals surface area contributed by atoms with Crippen molar-refractivity contribution < 1.29 is 4.79 Å². The molecule has 0 radical (unpaired) electrons. The fraction of sp³-hybridized carbons (Fsp3) is 0.737. The smallest absolute Gasteiger partial charge is 0.223 e. The summed E-state index contributed by atoms with van der Waals surface area (Å²) < 4.78 is 0. The third kappa shape index (κ3) is 2.78. The van der Waals surface area contributed by atoms with Crippen LogP contribution in [0.4, 0.5) is 5.82 Å². The second-order valence-electron chi connectivity index (χ2n) is 8.22. The Balaban J connectivity index is 1.31. The fourth-order valence-corrected chi connectivity index (χ4v) is 4.28. The molecule has 0 spiro atoms. The molecule has 3 aliphatic carbocycles.